The van der Waals surface area contributed by atoms with Crippen molar-refractivity contribution in [3.63, 3.8) is 0 Å². The van der Waals surface area contributed by atoms with E-state index in [-0.39, 0.29) is 12.3 Å². The molecule has 1 heterocycles. The fourth-order valence-corrected chi connectivity index (χ4v) is 2.42. The lowest BCUT2D eigenvalue weighted by atomic mass is 10.1. The minimum atomic E-state index is -0.898. The lowest BCUT2D eigenvalue weighted by Gasteiger charge is -2.21. The van der Waals surface area contributed by atoms with Crippen molar-refractivity contribution in [3.8, 4) is 0 Å². The SMILES string of the molecule is Cc1cccc(CC(=O)N2CCC[C@H]2C(=O)O)c1. The predicted octanol–water partition coefficient (Wildman–Crippen LogP) is 1.61. The molecule has 1 N–H and O–H groups in total. The average Bonchev–Trinajstić information content (AvgIpc) is 2.77. The number of carboxylic acid groups (broad SMARTS) is 1. The van der Waals surface area contributed by atoms with Crippen LogP contribution in [0.4, 0.5) is 0 Å². The molecule has 0 radical (unpaired) electrons. The maximum absolute atomic E-state index is 12.1. The average molecular weight is 247 g/mol. The maximum Gasteiger partial charge on any atom is 0.326 e. The number of likely N-dealkylation sites (tertiary alicyclic amines) is 1. The molecule has 4 nitrogen and oxygen atoms in total. The summed E-state index contributed by atoms with van der Waals surface area (Å²) >= 11 is 0. The summed E-state index contributed by atoms with van der Waals surface area (Å²) in [7, 11) is 0. The highest BCUT2D eigenvalue weighted by atomic mass is 16.4. The molecule has 0 aliphatic carbocycles. The summed E-state index contributed by atoms with van der Waals surface area (Å²) in [6, 6.07) is 7.11. The Morgan fingerprint density at radius 3 is 2.89 bits per heavy atom. The largest absolute Gasteiger partial charge is 0.480 e. The fraction of sp³-hybridized carbons (Fsp3) is 0.429. The number of amides is 1. The van der Waals surface area contributed by atoms with Crippen LogP contribution in [-0.4, -0.2) is 34.5 Å². The van der Waals surface area contributed by atoms with Crippen molar-refractivity contribution in [1.82, 2.24) is 4.90 Å². The van der Waals surface area contributed by atoms with Crippen LogP contribution in [0.5, 0.6) is 0 Å². The third-order valence-corrected chi connectivity index (χ3v) is 3.30. The summed E-state index contributed by atoms with van der Waals surface area (Å²) in [5.74, 6) is -0.990. The van der Waals surface area contributed by atoms with Gasteiger partial charge in [-0.3, -0.25) is 4.79 Å². The lowest BCUT2D eigenvalue weighted by Crippen LogP contribution is -2.41. The van der Waals surface area contributed by atoms with Crippen molar-refractivity contribution in [1.29, 1.82) is 0 Å². The van der Waals surface area contributed by atoms with Gasteiger partial charge in [-0.15, -0.1) is 0 Å². The van der Waals surface area contributed by atoms with Gasteiger partial charge in [-0.2, -0.15) is 0 Å². The van der Waals surface area contributed by atoms with Gasteiger partial charge in [0.25, 0.3) is 0 Å². The van der Waals surface area contributed by atoms with Crippen LogP contribution in [0.25, 0.3) is 0 Å². The summed E-state index contributed by atoms with van der Waals surface area (Å²) in [4.78, 5) is 24.6. The minimum Gasteiger partial charge on any atom is -0.480 e. The van der Waals surface area contributed by atoms with Crippen molar-refractivity contribution in [2.24, 2.45) is 0 Å². The standard InChI is InChI=1S/C14H17NO3/c1-10-4-2-5-11(8-10)9-13(16)15-7-3-6-12(15)14(17)18/h2,4-5,8,12H,3,6-7,9H2,1H3,(H,17,18)/t12-/m0/s1. The Hall–Kier alpha value is -1.84. The van der Waals surface area contributed by atoms with Gasteiger partial charge in [-0.25, -0.2) is 4.79 Å². The number of aryl methyl sites for hydroxylation is 1. The quantitative estimate of drug-likeness (QED) is 0.882. The predicted molar refractivity (Wildman–Crippen MR) is 67.3 cm³/mol. The molecule has 0 aromatic heterocycles. The van der Waals surface area contributed by atoms with Gasteiger partial charge in [0.05, 0.1) is 6.42 Å². The Labute approximate surface area is 106 Å². The van der Waals surface area contributed by atoms with Crippen LogP contribution >= 0.6 is 0 Å². The van der Waals surface area contributed by atoms with Crippen molar-refractivity contribution in [2.75, 3.05) is 6.54 Å². The van der Waals surface area contributed by atoms with Crippen LogP contribution in [-0.2, 0) is 16.0 Å². The van der Waals surface area contributed by atoms with Gasteiger partial charge in [0, 0.05) is 6.54 Å². The number of aliphatic carboxylic acids is 1. The van der Waals surface area contributed by atoms with E-state index in [9.17, 15) is 9.59 Å². The zero-order valence-corrected chi connectivity index (χ0v) is 10.4. The fourth-order valence-electron chi connectivity index (χ4n) is 2.42. The molecule has 1 aromatic rings. The van der Waals surface area contributed by atoms with Crippen molar-refractivity contribution in [3.05, 3.63) is 35.4 Å². The third-order valence-electron chi connectivity index (χ3n) is 3.30. The van der Waals surface area contributed by atoms with E-state index < -0.39 is 12.0 Å². The molecule has 1 aliphatic heterocycles. The van der Waals surface area contributed by atoms with Crippen molar-refractivity contribution >= 4 is 11.9 Å². The lowest BCUT2D eigenvalue weighted by molar-refractivity contribution is -0.148. The minimum absolute atomic E-state index is 0.0921. The van der Waals surface area contributed by atoms with E-state index in [4.69, 9.17) is 5.11 Å². The van der Waals surface area contributed by atoms with E-state index in [1.54, 1.807) is 0 Å². The molecule has 0 bridgehead atoms. The molecular weight excluding hydrogens is 230 g/mol. The molecule has 1 atom stereocenters. The van der Waals surface area contributed by atoms with E-state index in [0.717, 1.165) is 17.5 Å². The van der Waals surface area contributed by atoms with Gasteiger partial charge in [-0.05, 0) is 25.3 Å². The Bertz CT molecular complexity index is 470. The normalized spacial score (nSPS) is 18.9. The molecule has 18 heavy (non-hydrogen) atoms. The summed E-state index contributed by atoms with van der Waals surface area (Å²) < 4.78 is 0. The van der Waals surface area contributed by atoms with E-state index >= 15 is 0 Å². The Morgan fingerprint density at radius 2 is 2.22 bits per heavy atom. The molecule has 0 saturated carbocycles. The molecule has 1 aliphatic rings. The van der Waals surface area contributed by atoms with E-state index in [0.29, 0.717) is 13.0 Å². The highest BCUT2D eigenvalue weighted by molar-refractivity contribution is 5.85. The first kappa shape index (κ1) is 12.6. The van der Waals surface area contributed by atoms with E-state index in [1.165, 1.54) is 4.90 Å². The highest BCUT2D eigenvalue weighted by Crippen LogP contribution is 2.19. The number of carboxylic acids is 1. The highest BCUT2D eigenvalue weighted by Gasteiger charge is 2.33. The van der Waals surface area contributed by atoms with Gasteiger partial charge >= 0.3 is 5.97 Å². The molecule has 0 spiro atoms. The molecule has 1 amide bonds. The molecule has 1 fully saturated rings. The second-order valence-electron chi connectivity index (χ2n) is 4.75. The zero-order chi connectivity index (χ0) is 13.1. The Morgan fingerprint density at radius 1 is 1.44 bits per heavy atom. The summed E-state index contributed by atoms with van der Waals surface area (Å²) in [5.41, 5.74) is 2.05. The summed E-state index contributed by atoms with van der Waals surface area (Å²) in [6.45, 7) is 2.53. The van der Waals surface area contributed by atoms with E-state index in [2.05, 4.69) is 0 Å². The van der Waals surface area contributed by atoms with Crippen LogP contribution in [0, 0.1) is 6.92 Å². The van der Waals surface area contributed by atoms with Crippen LogP contribution < -0.4 is 0 Å². The van der Waals surface area contributed by atoms with Gasteiger partial charge < -0.3 is 10.0 Å². The number of hydrogen-bond acceptors (Lipinski definition) is 2. The molecule has 4 heteroatoms. The molecule has 0 unspecified atom stereocenters. The number of benzene rings is 1. The van der Waals surface area contributed by atoms with Crippen LogP contribution in [0.1, 0.15) is 24.0 Å². The Kier molecular flexibility index (Phi) is 3.65. The second kappa shape index (κ2) is 5.21. The van der Waals surface area contributed by atoms with Gasteiger partial charge in [-0.1, -0.05) is 29.8 Å². The van der Waals surface area contributed by atoms with Crippen LogP contribution in [0.15, 0.2) is 24.3 Å². The van der Waals surface area contributed by atoms with Gasteiger partial charge in [0.15, 0.2) is 0 Å². The van der Waals surface area contributed by atoms with Gasteiger partial charge in [0.2, 0.25) is 5.91 Å². The molecular formula is C14H17NO3. The number of carbonyl (C=O) groups is 2. The van der Waals surface area contributed by atoms with Gasteiger partial charge in [0.1, 0.15) is 6.04 Å². The second-order valence-corrected chi connectivity index (χ2v) is 4.75. The Balaban J connectivity index is 2.06. The summed E-state index contributed by atoms with van der Waals surface area (Å²) in [5, 5.41) is 9.05. The van der Waals surface area contributed by atoms with Crippen LogP contribution in [0.3, 0.4) is 0 Å². The molecule has 1 saturated heterocycles. The van der Waals surface area contributed by atoms with E-state index in [1.807, 2.05) is 31.2 Å². The molecule has 2 rings (SSSR count). The first-order valence-corrected chi connectivity index (χ1v) is 6.16. The summed E-state index contributed by atoms with van der Waals surface area (Å²) in [6.07, 6.45) is 1.62. The maximum atomic E-state index is 12.1. The molecule has 96 valence electrons. The van der Waals surface area contributed by atoms with Crippen molar-refractivity contribution in [2.45, 2.75) is 32.2 Å². The number of nitrogens with zero attached hydrogens (tertiary/aromatic N) is 1. The smallest absolute Gasteiger partial charge is 0.326 e. The first-order chi connectivity index (χ1) is 8.58. The molecule has 1 aromatic carbocycles. The number of hydrogen-bond donors (Lipinski definition) is 1. The zero-order valence-electron chi connectivity index (χ0n) is 10.4. The first-order valence-electron chi connectivity index (χ1n) is 6.16. The van der Waals surface area contributed by atoms with Crippen molar-refractivity contribution < 1.29 is 14.7 Å². The topological polar surface area (TPSA) is 57.6 Å². The third kappa shape index (κ3) is 2.70. The number of rotatable bonds is 3. The van der Waals surface area contributed by atoms with Crippen LogP contribution in [0.2, 0.25) is 0 Å². The monoisotopic (exact) mass is 247 g/mol. The number of carbonyl (C=O) groups excluding carboxylic acids is 1.